The maximum Gasteiger partial charge on any atom is 0.178 e. The van der Waals surface area contributed by atoms with Crippen molar-refractivity contribution in [2.24, 2.45) is 0 Å². The number of benzene rings is 1. The predicted octanol–water partition coefficient (Wildman–Crippen LogP) is 3.85. The molecule has 0 fully saturated rings. The Kier molecular flexibility index (Phi) is 3.20. The van der Waals surface area contributed by atoms with Crippen molar-refractivity contribution >= 4 is 34.6 Å². The lowest BCUT2D eigenvalue weighted by Gasteiger charge is -2.04. The Balaban J connectivity index is 2.00. The molecule has 0 bridgehead atoms. The molecule has 98 valence electrons. The second-order valence-corrected chi connectivity index (χ2v) is 5.74. The van der Waals surface area contributed by atoms with Crippen LogP contribution in [0.15, 0.2) is 23.7 Å². The maximum atomic E-state index is 13.5. The first-order chi connectivity index (χ1) is 9.15. The molecular weight excluding hydrogens is 281 g/mol. The van der Waals surface area contributed by atoms with E-state index >= 15 is 0 Å². The molecule has 0 aliphatic carbocycles. The standard InChI is InChI=1S/C13H12FN3S2/c1-8-6-11-10(7-9(8)14)16-13(18)17(11)4-2-12-15-3-5-19-12/h3,5-7H,2,4H2,1H3,(H,16,18). The number of hydrogen-bond acceptors (Lipinski definition) is 3. The molecule has 0 aliphatic heterocycles. The third-order valence-corrected chi connectivity index (χ3v) is 4.25. The van der Waals surface area contributed by atoms with Crippen LogP contribution >= 0.6 is 23.6 Å². The number of rotatable bonds is 3. The molecule has 0 radical (unpaired) electrons. The molecule has 1 aromatic carbocycles. The third-order valence-electron chi connectivity index (χ3n) is 3.09. The summed E-state index contributed by atoms with van der Waals surface area (Å²) in [6.45, 7) is 2.51. The fraction of sp³-hybridized carbons (Fsp3) is 0.231. The van der Waals surface area contributed by atoms with Crippen molar-refractivity contribution in [3.05, 3.63) is 44.9 Å². The lowest BCUT2D eigenvalue weighted by molar-refractivity contribution is 0.620. The molecule has 0 amide bonds. The SMILES string of the molecule is Cc1cc2c(cc1F)[nH]c(=S)n2CCc1nccs1. The van der Waals surface area contributed by atoms with Crippen LogP contribution in [-0.4, -0.2) is 14.5 Å². The summed E-state index contributed by atoms with van der Waals surface area (Å²) in [5.74, 6) is -0.212. The highest BCUT2D eigenvalue weighted by Crippen LogP contribution is 2.19. The summed E-state index contributed by atoms with van der Waals surface area (Å²) in [6, 6.07) is 3.33. The van der Waals surface area contributed by atoms with Crippen LogP contribution < -0.4 is 0 Å². The molecule has 0 atom stereocenters. The fourth-order valence-corrected chi connectivity index (χ4v) is 3.00. The first-order valence-corrected chi connectivity index (χ1v) is 7.21. The van der Waals surface area contributed by atoms with Gasteiger partial charge in [-0.15, -0.1) is 11.3 Å². The van der Waals surface area contributed by atoms with Crippen molar-refractivity contribution in [1.29, 1.82) is 0 Å². The van der Waals surface area contributed by atoms with Gasteiger partial charge < -0.3 is 9.55 Å². The van der Waals surface area contributed by atoms with Crippen LogP contribution in [0.1, 0.15) is 10.6 Å². The number of hydrogen-bond donors (Lipinski definition) is 1. The molecule has 0 saturated carbocycles. The van der Waals surface area contributed by atoms with E-state index in [1.165, 1.54) is 6.07 Å². The molecule has 3 rings (SSSR count). The molecule has 0 spiro atoms. The van der Waals surface area contributed by atoms with E-state index < -0.39 is 0 Å². The Morgan fingerprint density at radius 3 is 3.05 bits per heavy atom. The second kappa shape index (κ2) is 4.86. The molecule has 3 aromatic rings. The van der Waals surface area contributed by atoms with Gasteiger partial charge in [-0.25, -0.2) is 9.37 Å². The van der Waals surface area contributed by atoms with Crippen LogP contribution in [0.25, 0.3) is 11.0 Å². The van der Waals surface area contributed by atoms with Crippen LogP contribution in [0, 0.1) is 17.5 Å². The van der Waals surface area contributed by atoms with Gasteiger partial charge in [0, 0.05) is 24.5 Å². The smallest absolute Gasteiger partial charge is 0.178 e. The summed E-state index contributed by atoms with van der Waals surface area (Å²) in [5.41, 5.74) is 2.32. The van der Waals surface area contributed by atoms with Gasteiger partial charge in [0.05, 0.1) is 16.0 Å². The number of imidazole rings is 1. The Hall–Kier alpha value is -1.53. The molecule has 0 aliphatic rings. The Morgan fingerprint density at radius 1 is 1.47 bits per heavy atom. The van der Waals surface area contributed by atoms with Crippen LogP contribution in [0.3, 0.4) is 0 Å². The third kappa shape index (κ3) is 2.33. The highest BCUT2D eigenvalue weighted by atomic mass is 32.1. The van der Waals surface area contributed by atoms with Crippen molar-refractivity contribution in [3.8, 4) is 0 Å². The second-order valence-electron chi connectivity index (χ2n) is 4.38. The minimum absolute atomic E-state index is 0.212. The van der Waals surface area contributed by atoms with Crippen molar-refractivity contribution in [2.45, 2.75) is 19.9 Å². The minimum atomic E-state index is -0.212. The van der Waals surface area contributed by atoms with Gasteiger partial charge in [-0.05, 0) is 36.8 Å². The van der Waals surface area contributed by atoms with Gasteiger partial charge in [0.1, 0.15) is 5.82 Å². The number of nitrogens with one attached hydrogen (secondary N) is 1. The van der Waals surface area contributed by atoms with E-state index in [0.29, 0.717) is 10.3 Å². The van der Waals surface area contributed by atoms with Crippen LogP contribution in [0.5, 0.6) is 0 Å². The van der Waals surface area contributed by atoms with E-state index in [2.05, 4.69) is 9.97 Å². The summed E-state index contributed by atoms with van der Waals surface area (Å²) in [7, 11) is 0. The zero-order valence-electron chi connectivity index (χ0n) is 10.3. The molecular formula is C13H12FN3S2. The van der Waals surface area contributed by atoms with Gasteiger partial charge in [0.25, 0.3) is 0 Å². The largest absolute Gasteiger partial charge is 0.330 e. The summed E-state index contributed by atoms with van der Waals surface area (Å²) in [5, 5.41) is 3.04. The number of aryl methyl sites for hydroxylation is 3. The normalized spacial score (nSPS) is 11.3. The predicted molar refractivity (Wildman–Crippen MR) is 77.6 cm³/mol. The number of aromatic amines is 1. The van der Waals surface area contributed by atoms with E-state index in [9.17, 15) is 4.39 Å². The van der Waals surface area contributed by atoms with Gasteiger partial charge in [-0.2, -0.15) is 0 Å². The van der Waals surface area contributed by atoms with E-state index in [1.807, 2.05) is 16.0 Å². The van der Waals surface area contributed by atoms with Crippen molar-refractivity contribution in [2.75, 3.05) is 0 Å². The molecule has 2 aromatic heterocycles. The average Bonchev–Trinajstić information content (AvgIpc) is 2.96. The van der Waals surface area contributed by atoms with Gasteiger partial charge in [-0.3, -0.25) is 0 Å². The first-order valence-electron chi connectivity index (χ1n) is 5.92. The average molecular weight is 293 g/mol. The van der Waals surface area contributed by atoms with E-state index in [1.54, 1.807) is 24.5 Å². The molecule has 2 heterocycles. The topological polar surface area (TPSA) is 33.6 Å². The molecule has 1 N–H and O–H groups in total. The number of aromatic nitrogens is 3. The highest BCUT2D eigenvalue weighted by molar-refractivity contribution is 7.71. The zero-order chi connectivity index (χ0) is 13.4. The number of H-pyrrole nitrogens is 1. The summed E-state index contributed by atoms with van der Waals surface area (Å²) < 4.78 is 16.1. The van der Waals surface area contributed by atoms with Crippen LogP contribution in [0.2, 0.25) is 0 Å². The fourth-order valence-electron chi connectivity index (χ4n) is 2.09. The Morgan fingerprint density at radius 2 is 2.32 bits per heavy atom. The Labute approximate surface area is 118 Å². The lowest BCUT2D eigenvalue weighted by atomic mass is 10.2. The lowest BCUT2D eigenvalue weighted by Crippen LogP contribution is -2.01. The van der Waals surface area contributed by atoms with E-state index in [0.717, 1.165) is 29.0 Å². The monoisotopic (exact) mass is 293 g/mol. The first kappa shape index (κ1) is 12.5. The van der Waals surface area contributed by atoms with Crippen molar-refractivity contribution in [1.82, 2.24) is 14.5 Å². The quantitative estimate of drug-likeness (QED) is 0.744. The Bertz CT molecular complexity index is 771. The summed E-state index contributed by atoms with van der Waals surface area (Å²) in [6.07, 6.45) is 2.63. The van der Waals surface area contributed by atoms with Crippen LogP contribution in [-0.2, 0) is 13.0 Å². The van der Waals surface area contributed by atoms with Crippen molar-refractivity contribution < 1.29 is 4.39 Å². The van der Waals surface area contributed by atoms with Gasteiger partial charge >= 0.3 is 0 Å². The molecule has 3 nitrogen and oxygen atoms in total. The van der Waals surface area contributed by atoms with E-state index in [-0.39, 0.29) is 5.82 Å². The van der Waals surface area contributed by atoms with Crippen molar-refractivity contribution in [3.63, 3.8) is 0 Å². The minimum Gasteiger partial charge on any atom is -0.330 e. The summed E-state index contributed by atoms with van der Waals surface area (Å²) >= 11 is 6.94. The van der Waals surface area contributed by atoms with Gasteiger partial charge in [0.15, 0.2) is 4.77 Å². The van der Waals surface area contributed by atoms with Crippen LogP contribution in [0.4, 0.5) is 4.39 Å². The zero-order valence-corrected chi connectivity index (χ0v) is 11.9. The highest BCUT2D eigenvalue weighted by Gasteiger charge is 2.08. The van der Waals surface area contributed by atoms with Gasteiger partial charge in [0.2, 0.25) is 0 Å². The maximum absolute atomic E-state index is 13.5. The molecule has 6 heteroatoms. The molecule has 19 heavy (non-hydrogen) atoms. The molecule has 0 unspecified atom stereocenters. The number of nitrogens with zero attached hydrogens (tertiary/aromatic N) is 2. The number of fused-ring (bicyclic) bond motifs is 1. The summed E-state index contributed by atoms with van der Waals surface area (Å²) in [4.78, 5) is 7.30. The van der Waals surface area contributed by atoms with E-state index in [4.69, 9.17) is 12.2 Å². The van der Waals surface area contributed by atoms with Gasteiger partial charge in [-0.1, -0.05) is 0 Å². The molecule has 0 saturated heterocycles. The number of halogens is 1. The number of thiazole rings is 1.